The smallest absolute Gasteiger partial charge is 0.396 e. The maximum absolute atomic E-state index is 12.3. The molecule has 2 aliphatic rings. The van der Waals surface area contributed by atoms with E-state index in [9.17, 15) is 54.4 Å². The Bertz CT molecular complexity index is 1130. The molecule has 2 unspecified atom stereocenters. The van der Waals surface area contributed by atoms with Gasteiger partial charge >= 0.3 is 15.6 Å². The Hall–Kier alpha value is -0.920. The minimum absolute atomic E-state index is 0.152. The Morgan fingerprint density at radius 2 is 1.72 bits per heavy atom. The minimum Gasteiger partial charge on any atom is -0.396 e. The summed E-state index contributed by atoms with van der Waals surface area (Å²) >= 11 is 4.96. The quantitative estimate of drug-likeness (QED) is 0.106. The number of nitrogens with zero attached hydrogens (tertiary/aromatic N) is 1. The standard InChI is InChI=1S/C16H26N2O15P2S/c19-4-6-3-7(11(22)13(24)10(6)21)32-35(28,29)33-34(26,27)30-5-8-12(23)14(25)15(31-8)18-2-1-9(20)17-16(18)36/h1-2,6-8,10-15,19,21-25H,3-5H2,(H,26,27)(H,28,29)(H,17,20,36)/t6-,7+,8-,10-,11+,12-,13+,14-,15-/m1/s1. The van der Waals surface area contributed by atoms with Gasteiger partial charge in [0.1, 0.15) is 30.5 Å². The van der Waals surface area contributed by atoms with Gasteiger partial charge in [0.15, 0.2) is 11.0 Å². The first-order chi connectivity index (χ1) is 16.7. The van der Waals surface area contributed by atoms with Gasteiger partial charge < -0.3 is 45.2 Å². The van der Waals surface area contributed by atoms with Gasteiger partial charge in [-0.1, -0.05) is 0 Å². The molecule has 1 aliphatic heterocycles. The molecular weight excluding hydrogens is 554 g/mol. The molecular formula is C16H26N2O15P2S. The zero-order valence-electron chi connectivity index (χ0n) is 18.2. The lowest BCUT2D eigenvalue weighted by molar-refractivity contribution is -0.160. The number of aromatic nitrogens is 2. The number of ether oxygens (including phenoxy) is 1. The van der Waals surface area contributed by atoms with Crippen molar-refractivity contribution in [2.24, 2.45) is 5.92 Å². The van der Waals surface area contributed by atoms with Gasteiger partial charge in [-0.3, -0.25) is 23.4 Å². The molecule has 1 saturated carbocycles. The highest BCUT2D eigenvalue weighted by molar-refractivity contribution is 7.71. The molecule has 0 spiro atoms. The molecule has 20 heteroatoms. The third-order valence-electron chi connectivity index (χ3n) is 5.67. The summed E-state index contributed by atoms with van der Waals surface area (Å²) in [7, 11) is -10.8. The molecule has 1 aromatic rings. The Morgan fingerprint density at radius 3 is 2.33 bits per heavy atom. The second-order valence-electron chi connectivity index (χ2n) is 8.17. The van der Waals surface area contributed by atoms with Gasteiger partial charge in [0.25, 0.3) is 5.56 Å². The molecule has 9 N–H and O–H groups in total. The van der Waals surface area contributed by atoms with Crippen LogP contribution in [0.5, 0.6) is 0 Å². The van der Waals surface area contributed by atoms with Crippen LogP contribution < -0.4 is 5.56 Å². The van der Waals surface area contributed by atoms with Crippen molar-refractivity contribution >= 4 is 27.9 Å². The van der Waals surface area contributed by atoms with Crippen molar-refractivity contribution in [3.8, 4) is 0 Å². The first-order valence-corrected chi connectivity index (χ1v) is 13.7. The highest BCUT2D eigenvalue weighted by Crippen LogP contribution is 2.61. The van der Waals surface area contributed by atoms with E-state index in [1.807, 2.05) is 0 Å². The topological polar surface area (TPSA) is 271 Å². The molecule has 2 fully saturated rings. The number of hydrogen-bond acceptors (Lipinski definition) is 14. The number of aliphatic hydroxyl groups is 6. The maximum Gasteiger partial charge on any atom is 0.481 e. The molecule has 1 aliphatic carbocycles. The van der Waals surface area contributed by atoms with Gasteiger partial charge in [-0.15, -0.1) is 0 Å². The number of rotatable bonds is 9. The zero-order valence-corrected chi connectivity index (χ0v) is 20.8. The van der Waals surface area contributed by atoms with Crippen molar-refractivity contribution in [3.05, 3.63) is 27.4 Å². The first-order valence-electron chi connectivity index (χ1n) is 10.3. The van der Waals surface area contributed by atoms with E-state index >= 15 is 0 Å². The van der Waals surface area contributed by atoms with Crippen LogP contribution in [0.25, 0.3) is 0 Å². The van der Waals surface area contributed by atoms with Crippen LogP contribution in [-0.2, 0) is 27.2 Å². The normalized spacial score (nSPS) is 38.4. The lowest BCUT2D eigenvalue weighted by Crippen LogP contribution is -2.54. The average molecular weight is 580 g/mol. The van der Waals surface area contributed by atoms with Crippen LogP contribution in [0.1, 0.15) is 12.6 Å². The van der Waals surface area contributed by atoms with Crippen LogP contribution in [-0.4, -0.2) is 106 Å². The van der Waals surface area contributed by atoms with E-state index in [1.165, 1.54) is 6.20 Å². The second-order valence-corrected chi connectivity index (χ2v) is 11.6. The second kappa shape index (κ2) is 11.4. The van der Waals surface area contributed by atoms with E-state index in [4.69, 9.17) is 17.0 Å². The number of aliphatic hydroxyl groups excluding tert-OH is 6. The fraction of sp³-hybridized carbons (Fsp3) is 0.750. The Labute approximate surface area is 207 Å². The number of H-pyrrole nitrogens is 1. The predicted octanol–water partition coefficient (Wildman–Crippen LogP) is -2.76. The molecule has 0 radical (unpaired) electrons. The number of aromatic amines is 1. The number of hydrogen-bond donors (Lipinski definition) is 9. The summed E-state index contributed by atoms with van der Waals surface area (Å²) in [5.74, 6) is -1.04. The van der Waals surface area contributed by atoms with Crippen molar-refractivity contribution in [2.45, 2.75) is 55.4 Å². The molecule has 2 heterocycles. The van der Waals surface area contributed by atoms with Crippen molar-refractivity contribution in [1.82, 2.24) is 9.55 Å². The Balaban J connectivity index is 1.61. The summed E-state index contributed by atoms with van der Waals surface area (Å²) < 4.78 is 44.3. The summed E-state index contributed by atoms with van der Waals surface area (Å²) in [4.78, 5) is 33.3. The van der Waals surface area contributed by atoms with Crippen LogP contribution in [0.4, 0.5) is 0 Å². The van der Waals surface area contributed by atoms with E-state index in [0.29, 0.717) is 0 Å². The lowest BCUT2D eigenvalue weighted by Gasteiger charge is -2.39. The molecule has 0 amide bonds. The van der Waals surface area contributed by atoms with Gasteiger partial charge in [0, 0.05) is 24.8 Å². The van der Waals surface area contributed by atoms with Crippen molar-refractivity contribution in [3.63, 3.8) is 0 Å². The van der Waals surface area contributed by atoms with E-state index in [2.05, 4.69) is 18.3 Å². The molecule has 1 saturated heterocycles. The number of phosphoric acid groups is 2. The SMILES string of the molecule is O=c1ccn([C@@H]2O[C@H](COP(=O)(O)OP(=O)(O)O[C@H]3C[C@H](CO)[C@@H](O)[C@H](O)[C@H]3O)[C@@H](O)[C@H]2O)c(=S)[nH]1. The Kier molecular flexibility index (Phi) is 9.42. The van der Waals surface area contributed by atoms with Crippen molar-refractivity contribution in [2.75, 3.05) is 13.2 Å². The van der Waals surface area contributed by atoms with Crippen LogP contribution in [0.15, 0.2) is 17.1 Å². The molecule has 0 bridgehead atoms. The van der Waals surface area contributed by atoms with E-state index in [0.717, 1.165) is 10.6 Å². The fourth-order valence-corrected chi connectivity index (χ4v) is 6.34. The average Bonchev–Trinajstić information content (AvgIpc) is 3.06. The minimum atomic E-state index is -5.44. The van der Waals surface area contributed by atoms with Crippen molar-refractivity contribution in [1.29, 1.82) is 0 Å². The fourth-order valence-electron chi connectivity index (χ4n) is 3.80. The summed E-state index contributed by atoms with van der Waals surface area (Å²) in [6.07, 6.45) is -12.3. The van der Waals surface area contributed by atoms with Crippen LogP contribution in [0.3, 0.4) is 0 Å². The summed E-state index contributed by atoms with van der Waals surface area (Å²) in [6.45, 7) is -1.59. The van der Waals surface area contributed by atoms with Crippen LogP contribution in [0.2, 0.25) is 0 Å². The zero-order chi connectivity index (χ0) is 27.0. The van der Waals surface area contributed by atoms with E-state index in [-0.39, 0.29) is 4.77 Å². The first kappa shape index (κ1) is 29.6. The highest BCUT2D eigenvalue weighted by Gasteiger charge is 2.48. The molecule has 0 aromatic carbocycles. The van der Waals surface area contributed by atoms with Crippen molar-refractivity contribution < 1.29 is 67.7 Å². The third-order valence-corrected chi connectivity index (χ3v) is 8.65. The summed E-state index contributed by atoms with van der Waals surface area (Å²) in [5.41, 5.74) is -0.531. The highest BCUT2D eigenvalue weighted by atomic mass is 32.1. The largest absolute Gasteiger partial charge is 0.481 e. The maximum atomic E-state index is 12.3. The molecule has 36 heavy (non-hydrogen) atoms. The Morgan fingerprint density at radius 1 is 1.06 bits per heavy atom. The van der Waals surface area contributed by atoms with Gasteiger partial charge in [-0.25, -0.2) is 9.13 Å². The van der Waals surface area contributed by atoms with Gasteiger partial charge in [0.2, 0.25) is 0 Å². The van der Waals surface area contributed by atoms with E-state index in [1.54, 1.807) is 0 Å². The number of nitrogens with one attached hydrogen (secondary N) is 1. The molecule has 206 valence electrons. The van der Waals surface area contributed by atoms with E-state index < -0.39 is 95.7 Å². The summed E-state index contributed by atoms with van der Waals surface area (Å²) in [6, 6.07) is 1.07. The molecule has 1 aromatic heterocycles. The van der Waals surface area contributed by atoms with Crippen LogP contribution >= 0.6 is 27.9 Å². The predicted molar refractivity (Wildman–Crippen MR) is 117 cm³/mol. The van der Waals surface area contributed by atoms with Gasteiger partial charge in [-0.05, 0) is 18.6 Å². The summed E-state index contributed by atoms with van der Waals surface area (Å²) in [5, 5.41) is 59.3. The third kappa shape index (κ3) is 6.74. The lowest BCUT2D eigenvalue weighted by atomic mass is 9.81. The molecule has 11 atom stereocenters. The molecule has 17 nitrogen and oxygen atoms in total. The van der Waals surface area contributed by atoms with Gasteiger partial charge in [-0.2, -0.15) is 4.31 Å². The van der Waals surface area contributed by atoms with Crippen LogP contribution in [0, 0.1) is 10.7 Å². The molecule has 3 rings (SSSR count). The number of phosphoric ester groups is 2. The van der Waals surface area contributed by atoms with Gasteiger partial charge in [0.05, 0.1) is 18.8 Å². The monoisotopic (exact) mass is 580 g/mol.